The molecule has 344 valence electrons. The quantitative estimate of drug-likeness (QED) is 0.0689. The lowest BCUT2D eigenvalue weighted by Crippen LogP contribution is -2.66. The van der Waals surface area contributed by atoms with Crippen LogP contribution < -0.4 is 0 Å². The first kappa shape index (κ1) is 46.9. The van der Waals surface area contributed by atoms with Gasteiger partial charge in [0.25, 0.3) is 0 Å². The number of hydrogen-bond donors (Lipinski definition) is 2. The number of carbonyl (C=O) groups excluding carboxylic acids is 1. The zero-order valence-corrected chi connectivity index (χ0v) is 36.5. The van der Waals surface area contributed by atoms with Gasteiger partial charge in [-0.2, -0.15) is 0 Å². The number of esters is 1. The summed E-state index contributed by atoms with van der Waals surface area (Å²) in [5, 5.41) is 24.0. The smallest absolute Gasteiger partial charge is 0.338 e. The molecule has 0 bridgehead atoms. The molecule has 0 saturated carbocycles. The summed E-state index contributed by atoms with van der Waals surface area (Å²) in [6.07, 6.45) is -11.4. The predicted molar refractivity (Wildman–Crippen MR) is 243 cm³/mol. The van der Waals surface area contributed by atoms with Crippen LogP contribution in [0.1, 0.15) is 38.2 Å². The molecule has 0 spiro atoms. The van der Waals surface area contributed by atoms with Gasteiger partial charge in [-0.3, -0.25) is 0 Å². The third-order valence-electron chi connectivity index (χ3n) is 11.4. The summed E-state index contributed by atoms with van der Waals surface area (Å²) in [4.78, 5) is 13.3. The molecule has 0 aromatic heterocycles. The molecule has 12 heteroatoms. The van der Waals surface area contributed by atoms with Crippen molar-refractivity contribution in [2.45, 2.75) is 94.4 Å². The van der Waals surface area contributed by atoms with Crippen LogP contribution in [0.5, 0.6) is 0 Å². The number of hydrogen-bond acceptors (Lipinski definition) is 12. The molecular weight excluding hydrogens is 841 g/mol. The van der Waals surface area contributed by atoms with Gasteiger partial charge in [-0.05, 0) is 39.9 Å². The van der Waals surface area contributed by atoms with Gasteiger partial charge in [0.05, 0.1) is 45.2 Å². The number of aliphatic hydroxyl groups excluding tert-OH is 2. The molecule has 0 amide bonds. The number of rotatable bonds is 21. The molecule has 2 aliphatic rings. The van der Waals surface area contributed by atoms with Crippen molar-refractivity contribution in [3.8, 4) is 0 Å². The highest BCUT2D eigenvalue weighted by Crippen LogP contribution is 2.35. The molecule has 10 atom stereocenters. The molecule has 2 aliphatic heterocycles. The average Bonchev–Trinajstić information content (AvgIpc) is 3.37. The number of aliphatic hydroxyl groups is 2. The van der Waals surface area contributed by atoms with E-state index in [0.29, 0.717) is 5.56 Å². The third kappa shape index (κ3) is 13.1. The highest BCUT2D eigenvalue weighted by atomic mass is 16.7. The van der Waals surface area contributed by atoms with Gasteiger partial charge in [0.15, 0.2) is 12.6 Å². The Balaban J connectivity index is 1.15. The van der Waals surface area contributed by atoms with Crippen molar-refractivity contribution in [3.05, 3.63) is 215 Å². The monoisotopic (exact) mass is 896 g/mol. The van der Waals surface area contributed by atoms with Crippen LogP contribution in [0.25, 0.3) is 0 Å². The minimum Gasteiger partial charge on any atom is -0.459 e. The zero-order valence-electron chi connectivity index (χ0n) is 36.5. The molecule has 6 aromatic carbocycles. The van der Waals surface area contributed by atoms with Crippen LogP contribution in [-0.2, 0) is 75.7 Å². The normalized spacial score (nSPS) is 25.2. The van der Waals surface area contributed by atoms with Gasteiger partial charge in [0, 0.05) is 0 Å². The number of carbonyl (C=O) groups is 1. The van der Waals surface area contributed by atoms with Crippen molar-refractivity contribution in [2.75, 3.05) is 13.2 Å². The van der Waals surface area contributed by atoms with Crippen molar-refractivity contribution in [1.82, 2.24) is 0 Å². The van der Waals surface area contributed by atoms with Gasteiger partial charge in [0.1, 0.15) is 55.4 Å². The molecule has 8 rings (SSSR count). The molecule has 12 nitrogen and oxygen atoms in total. The Morgan fingerprint density at radius 1 is 0.424 bits per heavy atom. The molecule has 0 unspecified atom stereocenters. The zero-order chi connectivity index (χ0) is 45.3. The van der Waals surface area contributed by atoms with E-state index < -0.39 is 67.4 Å². The highest BCUT2D eigenvalue weighted by molar-refractivity contribution is 5.89. The maximum atomic E-state index is 13.3. The van der Waals surface area contributed by atoms with Crippen molar-refractivity contribution >= 4 is 5.97 Å². The molecule has 0 radical (unpaired) electrons. The third-order valence-corrected chi connectivity index (χ3v) is 11.4. The molecular formula is C54H56O12. The first-order valence-corrected chi connectivity index (χ1v) is 22.3. The lowest BCUT2D eigenvalue weighted by molar-refractivity contribution is -0.371. The van der Waals surface area contributed by atoms with Crippen LogP contribution in [0.4, 0.5) is 0 Å². The SMILES string of the molecule is O=C(OC[C@H]1O[C@@H](O[C@H]2[C@H](OCc3ccccc3)[C@H](OCc3ccccc3)[C@@H](O)O[C@@H]2COCc2ccccc2)[C@@H](OCc2ccccc2)[C@@H](OCc2ccccc2)[C@@H]1O)c1ccccc1. The topological polar surface area (TPSA) is 141 Å². The lowest BCUT2D eigenvalue weighted by atomic mass is 9.96. The molecule has 2 N–H and O–H groups in total. The summed E-state index contributed by atoms with van der Waals surface area (Å²) in [6.45, 7) is 0.393. The van der Waals surface area contributed by atoms with E-state index in [0.717, 1.165) is 27.8 Å². The van der Waals surface area contributed by atoms with Crippen molar-refractivity contribution in [2.24, 2.45) is 0 Å². The summed E-state index contributed by atoms with van der Waals surface area (Å²) in [7, 11) is 0. The standard InChI is InChI=1S/C54H56O12/c55-46-44(37-63-52(56)43-29-17-6-18-30-43)65-54(51(62-35-42-27-15-5-16-28-42)48(46)59-32-39-21-9-2-10-22-39)66-47-45(36-58-31-38-19-7-1-8-20-38)64-53(57)50(61-34-41-25-13-4-14-26-41)49(47)60-33-40-23-11-3-12-24-40/h1-30,44-51,53-55,57H,31-37H2/t44-,45-,46-,47-,48+,49+,50+,51+,53+,54+/m1/s1. The Morgan fingerprint density at radius 2 is 0.833 bits per heavy atom. The molecule has 2 fully saturated rings. The van der Waals surface area contributed by atoms with Crippen LogP contribution in [0.2, 0.25) is 0 Å². The maximum absolute atomic E-state index is 13.3. The Bertz CT molecular complexity index is 2290. The predicted octanol–water partition coefficient (Wildman–Crippen LogP) is 7.59. The maximum Gasteiger partial charge on any atom is 0.338 e. The first-order valence-electron chi connectivity index (χ1n) is 22.3. The number of benzene rings is 6. The fourth-order valence-electron chi connectivity index (χ4n) is 7.97. The fourth-order valence-corrected chi connectivity index (χ4v) is 7.97. The lowest BCUT2D eigenvalue weighted by Gasteiger charge is -2.49. The summed E-state index contributed by atoms with van der Waals surface area (Å²) >= 11 is 0. The number of ether oxygens (including phenoxy) is 9. The van der Waals surface area contributed by atoms with Gasteiger partial charge in [0.2, 0.25) is 0 Å². The van der Waals surface area contributed by atoms with E-state index in [2.05, 4.69) is 0 Å². The summed E-state index contributed by atoms with van der Waals surface area (Å²) < 4.78 is 58.8. The molecule has 66 heavy (non-hydrogen) atoms. The van der Waals surface area contributed by atoms with Crippen LogP contribution in [-0.4, -0.2) is 90.8 Å². The van der Waals surface area contributed by atoms with Crippen LogP contribution in [0.3, 0.4) is 0 Å². The highest BCUT2D eigenvalue weighted by Gasteiger charge is 2.53. The molecule has 0 aliphatic carbocycles. The van der Waals surface area contributed by atoms with E-state index in [9.17, 15) is 15.0 Å². The Labute approximate surface area is 385 Å². The van der Waals surface area contributed by atoms with Crippen molar-refractivity contribution < 1.29 is 57.6 Å². The van der Waals surface area contributed by atoms with Gasteiger partial charge < -0.3 is 52.8 Å². The van der Waals surface area contributed by atoms with E-state index in [1.54, 1.807) is 30.3 Å². The fraction of sp³-hybridized carbons (Fsp3) is 0.315. The van der Waals surface area contributed by atoms with Gasteiger partial charge in [-0.15, -0.1) is 0 Å². The second kappa shape index (κ2) is 24.2. The van der Waals surface area contributed by atoms with E-state index in [4.69, 9.17) is 42.6 Å². The summed E-state index contributed by atoms with van der Waals surface area (Å²) in [5.41, 5.74) is 4.77. The van der Waals surface area contributed by atoms with Gasteiger partial charge >= 0.3 is 5.97 Å². The Kier molecular flexibility index (Phi) is 17.2. The van der Waals surface area contributed by atoms with Gasteiger partial charge in [-0.25, -0.2) is 4.79 Å². The molecule has 2 saturated heterocycles. The van der Waals surface area contributed by atoms with Crippen molar-refractivity contribution in [3.63, 3.8) is 0 Å². The molecule has 6 aromatic rings. The largest absolute Gasteiger partial charge is 0.459 e. The minimum absolute atomic E-state index is 0.0237. The van der Waals surface area contributed by atoms with Crippen LogP contribution in [0, 0.1) is 0 Å². The van der Waals surface area contributed by atoms with Crippen LogP contribution in [0.15, 0.2) is 182 Å². The van der Waals surface area contributed by atoms with Crippen LogP contribution >= 0.6 is 0 Å². The first-order chi connectivity index (χ1) is 32.5. The van der Waals surface area contributed by atoms with Crippen molar-refractivity contribution in [1.29, 1.82) is 0 Å². The molecule has 2 heterocycles. The summed E-state index contributed by atoms with van der Waals surface area (Å²) in [6, 6.07) is 56.7. The van der Waals surface area contributed by atoms with Gasteiger partial charge in [-0.1, -0.05) is 170 Å². The second-order valence-corrected chi connectivity index (χ2v) is 16.2. The minimum atomic E-state index is -1.45. The average molecular weight is 897 g/mol. The van der Waals surface area contributed by atoms with E-state index in [-0.39, 0.29) is 46.2 Å². The van der Waals surface area contributed by atoms with E-state index >= 15 is 0 Å². The van der Waals surface area contributed by atoms with E-state index in [1.165, 1.54) is 0 Å². The van der Waals surface area contributed by atoms with E-state index in [1.807, 2.05) is 152 Å². The Hall–Kier alpha value is -5.61. The Morgan fingerprint density at radius 3 is 1.32 bits per heavy atom. The summed E-state index contributed by atoms with van der Waals surface area (Å²) in [5.74, 6) is -0.592. The second-order valence-electron chi connectivity index (χ2n) is 16.2.